The third-order valence-corrected chi connectivity index (χ3v) is 3.25. The molecule has 0 aliphatic rings. The molecule has 0 bridgehead atoms. The number of hydrogen-bond acceptors (Lipinski definition) is 4. The molecule has 1 aromatic carbocycles. The quantitative estimate of drug-likeness (QED) is 0.664. The van der Waals surface area contributed by atoms with Crippen molar-refractivity contribution in [3.05, 3.63) is 52.8 Å². The maximum atomic E-state index is 11.7. The van der Waals surface area contributed by atoms with Crippen LogP contribution in [0.3, 0.4) is 0 Å². The number of aromatic nitrogens is 2. The number of halogens is 1. The number of nitrogens with zero attached hydrogens (tertiary/aromatic N) is 2. The fourth-order valence-corrected chi connectivity index (χ4v) is 2.08. The molecule has 2 rings (SSSR count). The molecule has 5 nitrogen and oxygen atoms in total. The summed E-state index contributed by atoms with van der Waals surface area (Å²) in [6.45, 7) is 0.403. The fraction of sp³-hybridized carbons (Fsp3) is 0.200. The molecule has 21 heavy (non-hydrogen) atoms. The Kier molecular flexibility index (Phi) is 5.16. The van der Waals surface area contributed by atoms with Crippen LogP contribution in [0.2, 0.25) is 0 Å². The predicted molar refractivity (Wildman–Crippen MR) is 85.1 cm³/mol. The van der Waals surface area contributed by atoms with Gasteiger partial charge in [0.25, 0.3) is 5.56 Å². The van der Waals surface area contributed by atoms with E-state index in [9.17, 15) is 9.90 Å². The molecule has 110 valence electrons. The topological polar surface area (TPSA) is 64.4 Å². The van der Waals surface area contributed by atoms with Gasteiger partial charge in [-0.2, -0.15) is 5.10 Å². The van der Waals surface area contributed by atoms with E-state index in [1.54, 1.807) is 24.3 Å². The first-order valence-corrected chi connectivity index (χ1v) is 7.44. The molecule has 0 aliphatic heterocycles. The van der Waals surface area contributed by atoms with Crippen molar-refractivity contribution in [2.24, 2.45) is 0 Å². The normalized spacial score (nSPS) is 11.0. The van der Waals surface area contributed by atoms with E-state index in [0.29, 0.717) is 23.6 Å². The number of rotatable bonds is 5. The minimum atomic E-state index is -0.171. The summed E-state index contributed by atoms with van der Waals surface area (Å²) in [4.78, 5) is 11.7. The van der Waals surface area contributed by atoms with Crippen LogP contribution in [0.25, 0.3) is 11.3 Å². The molecular formula is C15H15BrN2O3. The summed E-state index contributed by atoms with van der Waals surface area (Å²) in [7, 11) is 1.49. The first-order chi connectivity index (χ1) is 10.2. The molecule has 0 amide bonds. The van der Waals surface area contributed by atoms with Gasteiger partial charge in [0.2, 0.25) is 0 Å². The highest BCUT2D eigenvalue weighted by Crippen LogP contribution is 2.30. The number of hydrogen-bond donors (Lipinski definition) is 1. The van der Waals surface area contributed by atoms with Gasteiger partial charge in [-0.1, -0.05) is 28.1 Å². The van der Waals surface area contributed by atoms with E-state index < -0.39 is 0 Å². The number of aromatic hydroxyl groups is 1. The number of allylic oxidation sites excluding steroid dienone is 2. The fourth-order valence-electron chi connectivity index (χ4n) is 1.82. The van der Waals surface area contributed by atoms with Crippen LogP contribution in [0.15, 0.2) is 47.3 Å². The zero-order valence-electron chi connectivity index (χ0n) is 11.5. The molecule has 0 saturated carbocycles. The zero-order chi connectivity index (χ0) is 15.2. The van der Waals surface area contributed by atoms with Crippen molar-refractivity contribution in [3.8, 4) is 22.8 Å². The van der Waals surface area contributed by atoms with Gasteiger partial charge in [0.15, 0.2) is 11.5 Å². The van der Waals surface area contributed by atoms with Gasteiger partial charge in [0.1, 0.15) is 0 Å². The average Bonchev–Trinajstić information content (AvgIpc) is 2.49. The standard InChI is InChI=1S/C15H15BrN2O3/c1-21-14-6-4-11(10-13(14)19)12-5-7-15(20)18(17-12)9-3-2-8-16/h2-7,10,19H,8-9H2,1H3/b3-2+. The second-order valence-electron chi connectivity index (χ2n) is 4.25. The number of alkyl halides is 1. The van der Waals surface area contributed by atoms with E-state index in [1.165, 1.54) is 17.9 Å². The van der Waals surface area contributed by atoms with E-state index in [-0.39, 0.29) is 11.3 Å². The van der Waals surface area contributed by atoms with Crippen LogP contribution in [0.4, 0.5) is 0 Å². The molecule has 0 aliphatic carbocycles. The van der Waals surface area contributed by atoms with Crippen LogP contribution in [0.1, 0.15) is 0 Å². The van der Waals surface area contributed by atoms with Crippen molar-refractivity contribution in [1.82, 2.24) is 9.78 Å². The number of phenolic OH excluding ortho intramolecular Hbond substituents is 1. The van der Waals surface area contributed by atoms with E-state index >= 15 is 0 Å². The average molecular weight is 351 g/mol. The van der Waals surface area contributed by atoms with Gasteiger partial charge in [-0.25, -0.2) is 4.68 Å². The SMILES string of the molecule is COc1ccc(-c2ccc(=O)n(C/C=C/CBr)n2)cc1O. The Bertz CT molecular complexity index is 710. The van der Waals surface area contributed by atoms with E-state index in [2.05, 4.69) is 21.0 Å². The Balaban J connectivity index is 2.36. The highest BCUT2D eigenvalue weighted by atomic mass is 79.9. The minimum absolute atomic E-state index is 0.0359. The molecule has 1 aromatic heterocycles. The smallest absolute Gasteiger partial charge is 0.267 e. The maximum absolute atomic E-state index is 11.7. The molecule has 0 unspecified atom stereocenters. The molecule has 0 saturated heterocycles. The van der Waals surface area contributed by atoms with E-state index in [4.69, 9.17) is 4.74 Å². The molecule has 0 fully saturated rings. The molecule has 2 aromatic rings. The second kappa shape index (κ2) is 7.08. The highest BCUT2D eigenvalue weighted by Gasteiger charge is 2.07. The Labute approximate surface area is 130 Å². The lowest BCUT2D eigenvalue weighted by Gasteiger charge is -2.07. The summed E-state index contributed by atoms with van der Waals surface area (Å²) in [6.07, 6.45) is 3.76. The molecule has 0 spiro atoms. The van der Waals surface area contributed by atoms with Crippen LogP contribution < -0.4 is 10.3 Å². The van der Waals surface area contributed by atoms with Crippen molar-refractivity contribution in [1.29, 1.82) is 0 Å². The van der Waals surface area contributed by atoms with Crippen LogP contribution in [0, 0.1) is 0 Å². The molecule has 0 atom stereocenters. The van der Waals surface area contributed by atoms with Gasteiger partial charge >= 0.3 is 0 Å². The number of benzene rings is 1. The number of phenols is 1. The third-order valence-electron chi connectivity index (χ3n) is 2.88. The Hall–Kier alpha value is -2.08. The van der Waals surface area contributed by atoms with Gasteiger partial charge in [-0.05, 0) is 24.3 Å². The van der Waals surface area contributed by atoms with Crippen LogP contribution in [-0.4, -0.2) is 27.3 Å². The largest absolute Gasteiger partial charge is 0.504 e. The van der Waals surface area contributed by atoms with E-state index in [0.717, 1.165) is 5.33 Å². The minimum Gasteiger partial charge on any atom is -0.504 e. The predicted octanol–water partition coefficient (Wildman–Crippen LogP) is 2.58. The first kappa shape index (κ1) is 15.3. The molecule has 1 heterocycles. The maximum Gasteiger partial charge on any atom is 0.267 e. The van der Waals surface area contributed by atoms with Crippen LogP contribution in [0.5, 0.6) is 11.5 Å². The molecular weight excluding hydrogens is 336 g/mol. The molecule has 1 N–H and O–H groups in total. The van der Waals surface area contributed by atoms with E-state index in [1.807, 2.05) is 12.2 Å². The Morgan fingerprint density at radius 1 is 1.33 bits per heavy atom. The Morgan fingerprint density at radius 2 is 2.14 bits per heavy atom. The van der Waals surface area contributed by atoms with Crippen molar-refractivity contribution < 1.29 is 9.84 Å². The first-order valence-electron chi connectivity index (χ1n) is 6.32. The lowest BCUT2D eigenvalue weighted by atomic mass is 10.1. The summed E-state index contributed by atoms with van der Waals surface area (Å²) < 4.78 is 6.38. The number of ether oxygens (including phenoxy) is 1. The summed E-state index contributed by atoms with van der Waals surface area (Å²) in [5.41, 5.74) is 1.15. The van der Waals surface area contributed by atoms with Crippen LogP contribution >= 0.6 is 15.9 Å². The van der Waals surface area contributed by atoms with Gasteiger partial charge in [-0.3, -0.25) is 4.79 Å². The van der Waals surface area contributed by atoms with Crippen LogP contribution in [-0.2, 0) is 6.54 Å². The lowest BCUT2D eigenvalue weighted by molar-refractivity contribution is 0.373. The zero-order valence-corrected chi connectivity index (χ0v) is 13.1. The van der Waals surface area contributed by atoms with Gasteiger partial charge in [0, 0.05) is 17.0 Å². The summed E-state index contributed by atoms with van der Waals surface area (Å²) in [6, 6.07) is 8.10. The van der Waals surface area contributed by atoms with Gasteiger partial charge in [-0.15, -0.1) is 0 Å². The van der Waals surface area contributed by atoms with Crippen molar-refractivity contribution in [3.63, 3.8) is 0 Å². The molecule has 0 radical (unpaired) electrons. The van der Waals surface area contributed by atoms with Crippen molar-refractivity contribution in [2.75, 3.05) is 12.4 Å². The summed E-state index contributed by atoms with van der Waals surface area (Å²) in [5, 5.41) is 14.8. The van der Waals surface area contributed by atoms with Gasteiger partial charge < -0.3 is 9.84 Å². The second-order valence-corrected chi connectivity index (χ2v) is 4.90. The number of methoxy groups -OCH3 is 1. The third kappa shape index (κ3) is 3.72. The summed E-state index contributed by atoms with van der Waals surface area (Å²) >= 11 is 3.28. The summed E-state index contributed by atoms with van der Waals surface area (Å²) in [5.74, 6) is 0.432. The van der Waals surface area contributed by atoms with Gasteiger partial charge in [0.05, 0.1) is 19.3 Å². The highest BCUT2D eigenvalue weighted by molar-refractivity contribution is 9.09. The molecule has 6 heteroatoms. The van der Waals surface area contributed by atoms with Crippen molar-refractivity contribution in [2.45, 2.75) is 6.54 Å². The Morgan fingerprint density at radius 3 is 2.81 bits per heavy atom. The lowest BCUT2D eigenvalue weighted by Crippen LogP contribution is -2.21. The van der Waals surface area contributed by atoms with Crippen molar-refractivity contribution >= 4 is 15.9 Å². The monoisotopic (exact) mass is 350 g/mol.